The fourth-order valence-corrected chi connectivity index (χ4v) is 5.63. The zero-order chi connectivity index (χ0) is 20.1. The van der Waals surface area contributed by atoms with Crippen molar-refractivity contribution < 1.29 is 4.74 Å². The Hall–Kier alpha value is -1.34. The molecule has 2 heterocycles. The van der Waals surface area contributed by atoms with Gasteiger partial charge in [-0.3, -0.25) is 0 Å². The molecule has 0 spiro atoms. The molecule has 3 aromatic rings. The normalized spacial score (nSPS) is 20.0. The molecule has 0 aliphatic carbocycles. The number of hydrogen-bond acceptors (Lipinski definition) is 3. The molecule has 0 bridgehead atoms. The molecule has 3 nitrogen and oxygen atoms in total. The van der Waals surface area contributed by atoms with Gasteiger partial charge in [-0.1, -0.05) is 67.7 Å². The molecule has 0 saturated carbocycles. The monoisotopic (exact) mass is 594 g/mol. The van der Waals surface area contributed by atoms with Gasteiger partial charge in [0.25, 0.3) is 0 Å². The van der Waals surface area contributed by atoms with E-state index in [2.05, 4.69) is 71.0 Å². The third kappa shape index (κ3) is 3.65. The number of fused-ring (bicyclic) bond motifs is 3. The topological polar surface area (TPSA) is 24.8 Å². The predicted molar refractivity (Wildman–Crippen MR) is 127 cm³/mol. The highest BCUT2D eigenvalue weighted by molar-refractivity contribution is 9.11. The fraction of sp³-hybridized carbons (Fsp3) is 0.136. The van der Waals surface area contributed by atoms with E-state index in [9.17, 15) is 0 Å². The smallest absolute Gasteiger partial charge is 0.213 e. The lowest BCUT2D eigenvalue weighted by Gasteiger charge is -2.38. The number of hydrazone groups is 1. The van der Waals surface area contributed by atoms with Crippen molar-refractivity contribution in [3.8, 4) is 5.75 Å². The van der Waals surface area contributed by atoms with Gasteiger partial charge in [0.1, 0.15) is 5.75 Å². The first-order valence-corrected chi connectivity index (χ1v) is 11.8. The quantitative estimate of drug-likeness (QED) is 0.301. The SMILES string of the molecule is Clc1cccc(C2Oc3c(Br)cc(Br)cc3C3CC(c4ccc(Br)cc4)=NN32)c1. The third-order valence-electron chi connectivity index (χ3n) is 5.12. The molecule has 2 unspecified atom stereocenters. The highest BCUT2D eigenvalue weighted by atomic mass is 79.9. The summed E-state index contributed by atoms with van der Waals surface area (Å²) in [7, 11) is 0. The van der Waals surface area contributed by atoms with Crippen LogP contribution in [-0.2, 0) is 0 Å². The number of halogens is 4. The van der Waals surface area contributed by atoms with E-state index in [1.54, 1.807) is 0 Å². The van der Waals surface area contributed by atoms with Crippen LogP contribution in [0.4, 0.5) is 0 Å². The highest BCUT2D eigenvalue weighted by Gasteiger charge is 2.42. The van der Waals surface area contributed by atoms with Crippen molar-refractivity contribution in [3.63, 3.8) is 0 Å². The van der Waals surface area contributed by atoms with Crippen LogP contribution in [0.2, 0.25) is 5.02 Å². The number of ether oxygens (including phenoxy) is 1. The highest BCUT2D eigenvalue weighted by Crippen LogP contribution is 2.51. The van der Waals surface area contributed by atoms with Crippen molar-refractivity contribution in [1.82, 2.24) is 5.01 Å². The summed E-state index contributed by atoms with van der Waals surface area (Å²) in [6.07, 6.45) is 0.453. The number of benzene rings is 3. The van der Waals surface area contributed by atoms with Gasteiger partial charge in [-0.05, 0) is 57.9 Å². The van der Waals surface area contributed by atoms with E-state index in [1.807, 2.05) is 42.5 Å². The van der Waals surface area contributed by atoms with Gasteiger partial charge in [-0.25, -0.2) is 5.01 Å². The largest absolute Gasteiger partial charge is 0.463 e. The number of nitrogens with zero attached hydrogens (tertiary/aromatic N) is 2. The fourth-order valence-electron chi connectivity index (χ4n) is 3.81. The summed E-state index contributed by atoms with van der Waals surface area (Å²) in [5.41, 5.74) is 4.24. The zero-order valence-electron chi connectivity index (χ0n) is 14.9. The molecule has 0 N–H and O–H groups in total. The Bertz CT molecular complexity index is 1130. The minimum atomic E-state index is -0.350. The molecule has 2 aliphatic rings. The first kappa shape index (κ1) is 19.6. The molecule has 2 aliphatic heterocycles. The molecule has 0 fully saturated rings. The Balaban J connectivity index is 1.63. The minimum absolute atomic E-state index is 0.0789. The maximum atomic E-state index is 6.46. The van der Waals surface area contributed by atoms with Crippen LogP contribution in [0.5, 0.6) is 5.75 Å². The molecule has 0 radical (unpaired) electrons. The van der Waals surface area contributed by atoms with Crippen LogP contribution in [0, 0.1) is 0 Å². The summed E-state index contributed by atoms with van der Waals surface area (Å²) in [5.74, 6) is 0.853. The summed E-state index contributed by atoms with van der Waals surface area (Å²) < 4.78 is 9.44. The molecule has 29 heavy (non-hydrogen) atoms. The lowest BCUT2D eigenvalue weighted by molar-refractivity contribution is -0.0197. The van der Waals surface area contributed by atoms with Crippen LogP contribution in [0.15, 0.2) is 79.2 Å². The van der Waals surface area contributed by atoms with Crippen molar-refractivity contribution in [3.05, 3.63) is 95.8 Å². The zero-order valence-corrected chi connectivity index (χ0v) is 20.5. The van der Waals surface area contributed by atoms with Crippen LogP contribution < -0.4 is 4.74 Å². The van der Waals surface area contributed by atoms with Gasteiger partial charge < -0.3 is 4.74 Å². The summed E-state index contributed by atoms with van der Waals surface area (Å²) in [5, 5.41) is 7.73. The average Bonchev–Trinajstić information content (AvgIpc) is 3.14. The van der Waals surface area contributed by atoms with Gasteiger partial charge in [-0.15, -0.1) is 0 Å². The van der Waals surface area contributed by atoms with Crippen molar-refractivity contribution in [1.29, 1.82) is 0 Å². The Kier molecular flexibility index (Phi) is 5.23. The average molecular weight is 598 g/mol. The Morgan fingerprint density at radius 1 is 0.966 bits per heavy atom. The lowest BCUT2D eigenvalue weighted by atomic mass is 9.96. The van der Waals surface area contributed by atoms with Crippen LogP contribution in [0.1, 0.15) is 35.4 Å². The molecular weight excluding hydrogens is 583 g/mol. The van der Waals surface area contributed by atoms with Crippen molar-refractivity contribution in [2.24, 2.45) is 5.10 Å². The van der Waals surface area contributed by atoms with Crippen molar-refractivity contribution in [2.75, 3.05) is 0 Å². The summed E-state index contributed by atoms with van der Waals surface area (Å²) >= 11 is 17.1. The van der Waals surface area contributed by atoms with E-state index in [4.69, 9.17) is 21.4 Å². The summed E-state index contributed by atoms with van der Waals surface area (Å²) in [6, 6.07) is 20.2. The van der Waals surface area contributed by atoms with Gasteiger partial charge in [0.05, 0.1) is 16.2 Å². The number of hydrogen-bond donors (Lipinski definition) is 0. The van der Waals surface area contributed by atoms with E-state index in [0.29, 0.717) is 5.02 Å². The second kappa shape index (κ2) is 7.73. The molecule has 0 amide bonds. The Morgan fingerprint density at radius 3 is 2.52 bits per heavy atom. The van der Waals surface area contributed by atoms with Crippen molar-refractivity contribution in [2.45, 2.75) is 18.7 Å². The second-order valence-corrected chi connectivity index (χ2v) is 10.1. The molecule has 7 heteroatoms. The van der Waals surface area contributed by atoms with Crippen LogP contribution in [0.25, 0.3) is 0 Å². The first-order valence-electron chi connectivity index (χ1n) is 9.02. The third-order valence-corrected chi connectivity index (χ3v) is 6.93. The molecule has 2 atom stereocenters. The maximum absolute atomic E-state index is 6.46. The van der Waals surface area contributed by atoms with E-state index in [1.165, 1.54) is 0 Å². The van der Waals surface area contributed by atoms with E-state index >= 15 is 0 Å². The summed E-state index contributed by atoms with van der Waals surface area (Å²) in [4.78, 5) is 0. The van der Waals surface area contributed by atoms with E-state index < -0.39 is 0 Å². The van der Waals surface area contributed by atoms with Crippen molar-refractivity contribution >= 4 is 65.1 Å². The lowest BCUT2D eigenvalue weighted by Crippen LogP contribution is -2.33. The standard InChI is InChI=1S/C22H14Br3ClN2O/c23-14-6-4-12(5-7-14)19-11-20-17-9-15(24)10-18(25)21(17)29-22(28(20)27-19)13-2-1-3-16(26)8-13/h1-10,20,22H,11H2. The Labute approximate surface area is 199 Å². The molecule has 146 valence electrons. The maximum Gasteiger partial charge on any atom is 0.213 e. The van der Waals surface area contributed by atoms with E-state index in [-0.39, 0.29) is 12.3 Å². The predicted octanol–water partition coefficient (Wildman–Crippen LogP) is 7.87. The van der Waals surface area contributed by atoms with Gasteiger partial charge >= 0.3 is 0 Å². The summed E-state index contributed by atoms with van der Waals surface area (Å²) in [6.45, 7) is 0. The Morgan fingerprint density at radius 2 is 1.76 bits per heavy atom. The van der Waals surface area contributed by atoms with Gasteiger partial charge in [-0.2, -0.15) is 5.10 Å². The van der Waals surface area contributed by atoms with Gasteiger partial charge in [0, 0.05) is 31.5 Å². The second-order valence-electron chi connectivity index (χ2n) is 6.98. The van der Waals surface area contributed by atoms with Crippen LogP contribution >= 0.6 is 59.4 Å². The molecular formula is C22H14Br3ClN2O. The minimum Gasteiger partial charge on any atom is -0.463 e. The molecule has 3 aromatic carbocycles. The van der Waals surface area contributed by atoms with Crippen LogP contribution in [-0.4, -0.2) is 10.7 Å². The first-order chi connectivity index (χ1) is 14.0. The molecule has 0 saturated heterocycles. The molecule has 0 aromatic heterocycles. The molecule has 5 rings (SSSR count). The van der Waals surface area contributed by atoms with E-state index in [0.717, 1.165) is 48.0 Å². The van der Waals surface area contributed by atoms with Crippen LogP contribution in [0.3, 0.4) is 0 Å². The van der Waals surface area contributed by atoms with Gasteiger partial charge in [0.2, 0.25) is 6.23 Å². The number of rotatable bonds is 2. The van der Waals surface area contributed by atoms with Gasteiger partial charge in [0.15, 0.2) is 0 Å².